The lowest BCUT2D eigenvalue weighted by Crippen LogP contribution is -2.52. The molecule has 0 heterocycles. The molecule has 0 radical (unpaired) electrons. The van der Waals surface area contributed by atoms with Gasteiger partial charge in [-0.3, -0.25) is 4.79 Å². The summed E-state index contributed by atoms with van der Waals surface area (Å²) in [7, 11) is 0. The van der Waals surface area contributed by atoms with Crippen LogP contribution in [0.1, 0.15) is 80.1 Å². The van der Waals surface area contributed by atoms with Crippen LogP contribution in [0.2, 0.25) is 0 Å². The lowest BCUT2D eigenvalue weighted by Gasteiger charge is -2.59. The molecule has 2 nitrogen and oxygen atoms in total. The van der Waals surface area contributed by atoms with E-state index in [1.54, 1.807) is 11.1 Å². The molecule has 0 unspecified atom stereocenters. The van der Waals surface area contributed by atoms with Crippen LogP contribution in [-0.4, -0.2) is 17.5 Å². The minimum Gasteiger partial charge on any atom is -0.396 e. The van der Waals surface area contributed by atoms with Gasteiger partial charge in [0.1, 0.15) is 0 Å². The average Bonchev–Trinajstić information content (AvgIpc) is 2.90. The first kappa shape index (κ1) is 19.4. The fourth-order valence-electron chi connectivity index (χ4n) is 8.11. The van der Waals surface area contributed by atoms with Crippen molar-refractivity contribution in [1.82, 2.24) is 0 Å². The van der Waals surface area contributed by atoms with Crippen molar-refractivity contribution in [2.45, 2.75) is 80.1 Å². The fourth-order valence-corrected chi connectivity index (χ4v) is 8.11. The van der Waals surface area contributed by atoms with Crippen LogP contribution < -0.4 is 0 Å². The zero-order valence-corrected chi connectivity index (χ0v) is 18.2. The standard InChI is InChI=1S/C25H38O2/c1-16(15-26)17-9-13-25(6)19-7-8-20-22(2,3)21(27)11-12-23(20,4)18(19)10-14-24(17,25)5/h11-12,16-17,20,26H,7-10,13-15H2,1-6H3/t16-,17-,20-,23-,24-,25+/m1/s1. The van der Waals surface area contributed by atoms with Crippen LogP contribution >= 0.6 is 0 Å². The molecule has 0 aliphatic heterocycles. The molecule has 6 atom stereocenters. The highest BCUT2D eigenvalue weighted by molar-refractivity contribution is 5.96. The fraction of sp³-hybridized carbons (Fsp3) is 0.800. The van der Waals surface area contributed by atoms with Gasteiger partial charge in [0, 0.05) is 17.4 Å². The molecule has 4 aliphatic carbocycles. The predicted molar refractivity (Wildman–Crippen MR) is 110 cm³/mol. The second-order valence-electron chi connectivity index (χ2n) is 11.3. The Morgan fingerprint density at radius 3 is 2.44 bits per heavy atom. The summed E-state index contributed by atoms with van der Waals surface area (Å²) in [5.41, 5.74) is 3.71. The Morgan fingerprint density at radius 2 is 1.78 bits per heavy atom. The van der Waals surface area contributed by atoms with Gasteiger partial charge in [-0.1, -0.05) is 58.8 Å². The molecule has 0 aromatic heterocycles. The van der Waals surface area contributed by atoms with Crippen LogP contribution in [0, 0.1) is 39.4 Å². The molecule has 0 saturated heterocycles. The molecule has 1 N–H and O–H groups in total. The lowest BCUT2D eigenvalue weighted by atomic mass is 9.45. The van der Waals surface area contributed by atoms with E-state index >= 15 is 0 Å². The number of rotatable bonds is 2. The number of carbonyl (C=O) groups excluding carboxylic acids is 1. The second kappa shape index (κ2) is 5.81. The maximum absolute atomic E-state index is 12.6. The minimum absolute atomic E-state index is 0.0377. The van der Waals surface area contributed by atoms with Gasteiger partial charge in [0.15, 0.2) is 5.78 Å². The third kappa shape index (κ3) is 2.26. The van der Waals surface area contributed by atoms with Crippen LogP contribution in [-0.2, 0) is 4.79 Å². The van der Waals surface area contributed by atoms with Crippen molar-refractivity contribution in [3.8, 4) is 0 Å². The Kier molecular flexibility index (Phi) is 4.18. The number of aliphatic hydroxyl groups excluding tert-OH is 1. The maximum atomic E-state index is 12.6. The summed E-state index contributed by atoms with van der Waals surface area (Å²) in [4.78, 5) is 12.6. The van der Waals surface area contributed by atoms with E-state index in [1.165, 1.54) is 19.3 Å². The Balaban J connectivity index is 1.82. The number of hydrogen-bond acceptors (Lipinski definition) is 2. The molecule has 1 saturated carbocycles. The van der Waals surface area contributed by atoms with Gasteiger partial charge in [-0.05, 0) is 73.2 Å². The highest BCUT2D eigenvalue weighted by atomic mass is 16.3. The lowest BCUT2D eigenvalue weighted by molar-refractivity contribution is -0.128. The molecule has 0 bridgehead atoms. The molecule has 0 spiro atoms. The molecule has 4 rings (SSSR count). The van der Waals surface area contributed by atoms with E-state index in [0.29, 0.717) is 35.6 Å². The van der Waals surface area contributed by atoms with Crippen LogP contribution in [0.4, 0.5) is 0 Å². The molecule has 2 heteroatoms. The Bertz CT molecular complexity index is 729. The first-order valence-corrected chi connectivity index (χ1v) is 11.1. The summed E-state index contributed by atoms with van der Waals surface area (Å²) in [5.74, 6) is 1.73. The number of fused-ring (bicyclic) bond motifs is 4. The molecular weight excluding hydrogens is 332 g/mol. The van der Waals surface area contributed by atoms with Gasteiger partial charge in [-0.15, -0.1) is 0 Å². The van der Waals surface area contributed by atoms with Crippen LogP contribution in [0.5, 0.6) is 0 Å². The smallest absolute Gasteiger partial charge is 0.161 e. The van der Waals surface area contributed by atoms with E-state index in [0.717, 1.165) is 19.3 Å². The summed E-state index contributed by atoms with van der Waals surface area (Å²) in [6.07, 6.45) is 11.3. The largest absolute Gasteiger partial charge is 0.396 e. The number of allylic oxidation sites excluding steroid dienone is 4. The van der Waals surface area contributed by atoms with Gasteiger partial charge in [0.25, 0.3) is 0 Å². The van der Waals surface area contributed by atoms with E-state index in [2.05, 4.69) is 47.6 Å². The summed E-state index contributed by atoms with van der Waals surface area (Å²) >= 11 is 0. The van der Waals surface area contributed by atoms with Crippen LogP contribution in [0.3, 0.4) is 0 Å². The van der Waals surface area contributed by atoms with Crippen molar-refractivity contribution < 1.29 is 9.90 Å². The van der Waals surface area contributed by atoms with Gasteiger partial charge in [0.2, 0.25) is 0 Å². The monoisotopic (exact) mass is 370 g/mol. The molecule has 4 aliphatic rings. The van der Waals surface area contributed by atoms with E-state index in [1.807, 2.05) is 6.08 Å². The quantitative estimate of drug-likeness (QED) is 0.632. The van der Waals surface area contributed by atoms with Crippen molar-refractivity contribution >= 4 is 5.78 Å². The van der Waals surface area contributed by atoms with Crippen molar-refractivity contribution in [3.05, 3.63) is 23.3 Å². The van der Waals surface area contributed by atoms with Crippen LogP contribution in [0.15, 0.2) is 23.3 Å². The van der Waals surface area contributed by atoms with E-state index in [4.69, 9.17) is 0 Å². The van der Waals surface area contributed by atoms with E-state index < -0.39 is 0 Å². The van der Waals surface area contributed by atoms with Gasteiger partial charge in [-0.25, -0.2) is 0 Å². The van der Waals surface area contributed by atoms with E-state index in [-0.39, 0.29) is 16.2 Å². The number of ketones is 1. The second-order valence-corrected chi connectivity index (χ2v) is 11.3. The SMILES string of the molecule is C[C@H](CO)[C@H]1CC[C@@]2(C)C3=C(CC[C@]12C)[C@@]1(C)C=CC(=O)C(C)(C)[C@H]1CC3. The molecule has 150 valence electrons. The highest BCUT2D eigenvalue weighted by Gasteiger charge is 2.62. The molecule has 0 aromatic carbocycles. The summed E-state index contributed by atoms with van der Waals surface area (Å²) in [5, 5.41) is 9.84. The Labute approximate surface area is 165 Å². The van der Waals surface area contributed by atoms with Gasteiger partial charge in [-0.2, -0.15) is 0 Å². The first-order valence-electron chi connectivity index (χ1n) is 11.1. The summed E-state index contributed by atoms with van der Waals surface area (Å²) in [6.45, 7) is 14.3. The third-order valence-corrected chi connectivity index (χ3v) is 10.1. The van der Waals surface area contributed by atoms with Crippen molar-refractivity contribution in [2.24, 2.45) is 39.4 Å². The normalized spacial score (nSPS) is 46.7. The maximum Gasteiger partial charge on any atom is 0.161 e. The number of aliphatic hydroxyl groups is 1. The Hall–Kier alpha value is -0.890. The van der Waals surface area contributed by atoms with Gasteiger partial charge >= 0.3 is 0 Å². The van der Waals surface area contributed by atoms with E-state index in [9.17, 15) is 9.90 Å². The summed E-state index contributed by atoms with van der Waals surface area (Å²) in [6, 6.07) is 0. The van der Waals surface area contributed by atoms with Crippen molar-refractivity contribution in [2.75, 3.05) is 6.61 Å². The minimum atomic E-state index is -0.257. The average molecular weight is 371 g/mol. The summed E-state index contributed by atoms with van der Waals surface area (Å²) < 4.78 is 0. The zero-order valence-electron chi connectivity index (χ0n) is 18.2. The predicted octanol–water partition coefficient (Wildman–Crippen LogP) is 5.71. The van der Waals surface area contributed by atoms with Crippen molar-refractivity contribution in [1.29, 1.82) is 0 Å². The third-order valence-electron chi connectivity index (χ3n) is 10.1. The topological polar surface area (TPSA) is 37.3 Å². The molecule has 27 heavy (non-hydrogen) atoms. The first-order chi connectivity index (χ1) is 12.5. The number of carbonyl (C=O) groups is 1. The number of hydrogen-bond donors (Lipinski definition) is 1. The molecule has 0 aromatic rings. The highest BCUT2D eigenvalue weighted by Crippen LogP contribution is 2.71. The zero-order chi connectivity index (χ0) is 19.8. The van der Waals surface area contributed by atoms with Gasteiger partial charge in [0.05, 0.1) is 0 Å². The molecule has 1 fully saturated rings. The Morgan fingerprint density at radius 1 is 1.07 bits per heavy atom. The molecule has 0 amide bonds. The molecular formula is C25H38O2. The van der Waals surface area contributed by atoms with Crippen molar-refractivity contribution in [3.63, 3.8) is 0 Å². The van der Waals surface area contributed by atoms with Gasteiger partial charge < -0.3 is 5.11 Å². The van der Waals surface area contributed by atoms with Crippen LogP contribution in [0.25, 0.3) is 0 Å².